The molecule has 0 heterocycles. The number of carbonyl (C=O) groups is 3. The standard InChI is InChI=1S/C29H47NO6/c1-4-5-6-7-8-9-10-11-12-13-14-15-16-17-18-19-20-21-26(33)36-24-29(2,3)27(34)28(35)30-23-22-25(31)32/h5-6,8-9,14-15,17-18,27,34H,4,7,10-13,16,19-24H2,1-3H3,(H,30,35)(H,31,32)/b6-5-,9-8-,15-14-,18-17-. The number of hydrogen-bond donors (Lipinski definition) is 3. The summed E-state index contributed by atoms with van der Waals surface area (Å²) in [5.74, 6) is -2.09. The number of carbonyl (C=O) groups excluding carboxylic acids is 2. The molecule has 0 aliphatic heterocycles. The van der Waals surface area contributed by atoms with Crippen molar-refractivity contribution in [3.8, 4) is 0 Å². The van der Waals surface area contributed by atoms with Gasteiger partial charge in [0.15, 0.2) is 0 Å². The number of aliphatic hydroxyl groups excluding tert-OH is 1. The third-order valence-electron chi connectivity index (χ3n) is 5.42. The van der Waals surface area contributed by atoms with E-state index < -0.39 is 23.4 Å². The summed E-state index contributed by atoms with van der Waals surface area (Å²) in [4.78, 5) is 34.4. The molecule has 204 valence electrons. The molecule has 0 spiro atoms. The van der Waals surface area contributed by atoms with Gasteiger partial charge in [0.05, 0.1) is 13.0 Å². The molecule has 7 nitrogen and oxygen atoms in total. The second kappa shape index (κ2) is 21.6. The highest BCUT2D eigenvalue weighted by molar-refractivity contribution is 5.81. The van der Waals surface area contributed by atoms with Crippen molar-refractivity contribution in [2.45, 2.75) is 97.5 Å². The molecule has 0 saturated heterocycles. The Kier molecular flexibility index (Phi) is 20.0. The van der Waals surface area contributed by atoms with Crippen molar-refractivity contribution in [1.82, 2.24) is 5.32 Å². The fourth-order valence-corrected chi connectivity index (χ4v) is 3.11. The maximum Gasteiger partial charge on any atom is 0.305 e. The number of allylic oxidation sites excluding steroid dienone is 8. The lowest BCUT2D eigenvalue weighted by molar-refractivity contribution is -0.153. The summed E-state index contributed by atoms with van der Waals surface area (Å²) in [7, 11) is 0. The average Bonchev–Trinajstić information content (AvgIpc) is 2.83. The number of nitrogens with one attached hydrogen (secondary N) is 1. The van der Waals surface area contributed by atoms with Gasteiger partial charge in [-0.2, -0.15) is 0 Å². The minimum absolute atomic E-state index is 0.0696. The molecule has 1 unspecified atom stereocenters. The highest BCUT2D eigenvalue weighted by Crippen LogP contribution is 2.22. The van der Waals surface area contributed by atoms with Gasteiger partial charge in [-0.15, -0.1) is 0 Å². The molecule has 0 saturated carbocycles. The van der Waals surface area contributed by atoms with Crippen molar-refractivity contribution >= 4 is 17.8 Å². The van der Waals surface area contributed by atoms with Crippen LogP contribution in [0, 0.1) is 5.41 Å². The van der Waals surface area contributed by atoms with Gasteiger partial charge in [-0.25, -0.2) is 0 Å². The number of rotatable bonds is 21. The van der Waals surface area contributed by atoms with E-state index in [1.54, 1.807) is 13.8 Å². The van der Waals surface area contributed by atoms with E-state index in [1.807, 2.05) is 0 Å². The van der Waals surface area contributed by atoms with E-state index in [1.165, 1.54) is 12.8 Å². The number of carboxylic acids is 1. The van der Waals surface area contributed by atoms with E-state index in [0.29, 0.717) is 6.42 Å². The number of aliphatic carboxylic acids is 1. The highest BCUT2D eigenvalue weighted by Gasteiger charge is 2.34. The van der Waals surface area contributed by atoms with Crippen LogP contribution in [0.25, 0.3) is 0 Å². The Labute approximate surface area is 217 Å². The predicted molar refractivity (Wildman–Crippen MR) is 144 cm³/mol. The van der Waals surface area contributed by atoms with Crippen molar-refractivity contribution in [2.24, 2.45) is 5.41 Å². The van der Waals surface area contributed by atoms with E-state index in [9.17, 15) is 19.5 Å². The lowest BCUT2D eigenvalue weighted by atomic mass is 9.87. The Hall–Kier alpha value is -2.67. The fraction of sp³-hybridized carbons (Fsp3) is 0.621. The van der Waals surface area contributed by atoms with Gasteiger partial charge in [-0.05, 0) is 57.8 Å². The van der Waals surface area contributed by atoms with Crippen molar-refractivity contribution in [3.05, 3.63) is 48.6 Å². The zero-order chi connectivity index (χ0) is 27.1. The van der Waals surface area contributed by atoms with Gasteiger partial charge in [0.2, 0.25) is 5.91 Å². The summed E-state index contributed by atoms with van der Waals surface area (Å²) < 4.78 is 5.23. The third kappa shape index (κ3) is 19.6. The summed E-state index contributed by atoms with van der Waals surface area (Å²) in [6.07, 6.45) is 25.1. The monoisotopic (exact) mass is 505 g/mol. The van der Waals surface area contributed by atoms with Gasteiger partial charge in [-0.1, -0.05) is 69.4 Å². The Morgan fingerprint density at radius 3 is 1.89 bits per heavy atom. The highest BCUT2D eigenvalue weighted by atomic mass is 16.5. The molecule has 0 aromatic heterocycles. The van der Waals surface area contributed by atoms with Gasteiger partial charge in [0.25, 0.3) is 0 Å². The predicted octanol–water partition coefficient (Wildman–Crippen LogP) is 5.65. The first-order valence-corrected chi connectivity index (χ1v) is 13.1. The molecule has 1 atom stereocenters. The molecule has 0 bridgehead atoms. The van der Waals surface area contributed by atoms with Crippen LogP contribution in [0.4, 0.5) is 0 Å². The zero-order valence-corrected chi connectivity index (χ0v) is 22.4. The quantitative estimate of drug-likeness (QED) is 0.105. The van der Waals surface area contributed by atoms with E-state index in [-0.39, 0.29) is 32.0 Å². The van der Waals surface area contributed by atoms with Crippen molar-refractivity contribution < 1.29 is 29.3 Å². The van der Waals surface area contributed by atoms with Crippen molar-refractivity contribution in [2.75, 3.05) is 13.2 Å². The SMILES string of the molecule is CC/C=C\C/C=C\CCCC/C=C\C/C=C\CCCC(=O)OCC(C)(C)C(O)C(=O)NCCC(=O)O. The molecule has 0 aliphatic carbocycles. The lowest BCUT2D eigenvalue weighted by Crippen LogP contribution is -2.46. The Bertz CT molecular complexity index is 736. The Balaban J connectivity index is 3.85. The molecule has 0 aromatic rings. The van der Waals surface area contributed by atoms with Gasteiger partial charge < -0.3 is 20.3 Å². The van der Waals surface area contributed by atoms with Crippen LogP contribution >= 0.6 is 0 Å². The van der Waals surface area contributed by atoms with Crippen LogP contribution in [0.15, 0.2) is 48.6 Å². The summed E-state index contributed by atoms with van der Waals surface area (Å²) >= 11 is 0. The normalized spacial score (nSPS) is 13.2. The van der Waals surface area contributed by atoms with Gasteiger partial charge in [0, 0.05) is 18.4 Å². The maximum atomic E-state index is 12.0. The third-order valence-corrected chi connectivity index (χ3v) is 5.42. The van der Waals surface area contributed by atoms with Gasteiger partial charge in [0.1, 0.15) is 6.10 Å². The minimum Gasteiger partial charge on any atom is -0.481 e. The minimum atomic E-state index is -1.41. The van der Waals surface area contributed by atoms with Crippen LogP contribution < -0.4 is 5.32 Å². The van der Waals surface area contributed by atoms with Gasteiger partial charge >= 0.3 is 11.9 Å². The molecular weight excluding hydrogens is 458 g/mol. The van der Waals surface area contributed by atoms with Gasteiger partial charge in [-0.3, -0.25) is 14.4 Å². The number of amides is 1. The van der Waals surface area contributed by atoms with Crippen LogP contribution in [0.1, 0.15) is 91.4 Å². The van der Waals surface area contributed by atoms with Crippen LogP contribution in [0.5, 0.6) is 0 Å². The largest absolute Gasteiger partial charge is 0.481 e. The van der Waals surface area contributed by atoms with Crippen LogP contribution in [-0.4, -0.2) is 47.3 Å². The molecule has 0 fully saturated rings. The number of aliphatic hydroxyl groups is 1. The molecule has 1 amide bonds. The molecule has 36 heavy (non-hydrogen) atoms. The molecule has 3 N–H and O–H groups in total. The van der Waals surface area contributed by atoms with E-state index in [0.717, 1.165) is 38.5 Å². The first-order chi connectivity index (χ1) is 17.2. The second-order valence-corrected chi connectivity index (χ2v) is 9.43. The topological polar surface area (TPSA) is 113 Å². The Morgan fingerprint density at radius 1 is 0.833 bits per heavy atom. The average molecular weight is 506 g/mol. The molecule has 0 rings (SSSR count). The first kappa shape index (κ1) is 33.3. The van der Waals surface area contributed by atoms with Crippen LogP contribution in [-0.2, 0) is 19.1 Å². The van der Waals surface area contributed by atoms with Crippen LogP contribution in [0.2, 0.25) is 0 Å². The molecular formula is C29H47NO6. The molecule has 0 aliphatic rings. The maximum absolute atomic E-state index is 12.0. The number of unbranched alkanes of at least 4 members (excludes halogenated alkanes) is 4. The van der Waals surface area contributed by atoms with Crippen LogP contribution in [0.3, 0.4) is 0 Å². The Morgan fingerprint density at radius 2 is 1.36 bits per heavy atom. The van der Waals surface area contributed by atoms with Crippen molar-refractivity contribution in [1.29, 1.82) is 0 Å². The summed E-state index contributed by atoms with van der Waals surface area (Å²) in [6.45, 7) is 5.20. The first-order valence-electron chi connectivity index (χ1n) is 13.1. The summed E-state index contributed by atoms with van der Waals surface area (Å²) in [5, 5.41) is 21.2. The molecule has 0 radical (unpaired) electrons. The smallest absolute Gasteiger partial charge is 0.305 e. The summed E-state index contributed by atoms with van der Waals surface area (Å²) in [5.41, 5.74) is -0.988. The number of carboxylic acid groups (broad SMARTS) is 1. The number of ether oxygens (including phenoxy) is 1. The fourth-order valence-electron chi connectivity index (χ4n) is 3.11. The summed E-state index contributed by atoms with van der Waals surface area (Å²) in [6, 6.07) is 0. The molecule has 0 aromatic carbocycles. The van der Waals surface area contributed by atoms with Crippen molar-refractivity contribution in [3.63, 3.8) is 0 Å². The number of hydrogen-bond acceptors (Lipinski definition) is 5. The second-order valence-electron chi connectivity index (χ2n) is 9.43. The van der Waals surface area contributed by atoms with E-state index in [2.05, 4.69) is 60.8 Å². The number of esters is 1. The van der Waals surface area contributed by atoms with E-state index >= 15 is 0 Å². The van der Waals surface area contributed by atoms with E-state index in [4.69, 9.17) is 9.84 Å². The zero-order valence-electron chi connectivity index (χ0n) is 22.4. The molecule has 7 heteroatoms. The lowest BCUT2D eigenvalue weighted by Gasteiger charge is -2.28.